The summed E-state index contributed by atoms with van der Waals surface area (Å²) >= 11 is 0. The van der Waals surface area contributed by atoms with Crippen LogP contribution in [0, 0.1) is 17.0 Å². The van der Waals surface area contributed by atoms with Gasteiger partial charge in [0.05, 0.1) is 11.2 Å². The van der Waals surface area contributed by atoms with Gasteiger partial charge in [0.2, 0.25) is 0 Å². The third-order valence-electron chi connectivity index (χ3n) is 3.62. The van der Waals surface area contributed by atoms with Crippen LogP contribution in [0.1, 0.15) is 32.3 Å². The van der Waals surface area contributed by atoms with Crippen LogP contribution in [0.2, 0.25) is 0 Å². The molecule has 0 saturated heterocycles. The maximum Gasteiger partial charge on any atom is 0.132 e. The number of rotatable bonds is 2. The van der Waals surface area contributed by atoms with Gasteiger partial charge in [0.15, 0.2) is 0 Å². The van der Waals surface area contributed by atoms with E-state index >= 15 is 0 Å². The van der Waals surface area contributed by atoms with Gasteiger partial charge in [-0.05, 0) is 31.9 Å². The lowest BCUT2D eigenvalue weighted by molar-refractivity contribution is -0.0189. The van der Waals surface area contributed by atoms with Gasteiger partial charge in [0.25, 0.3) is 0 Å². The summed E-state index contributed by atoms with van der Waals surface area (Å²) in [4.78, 5) is 0. The molecule has 0 heterocycles. The van der Waals surface area contributed by atoms with Crippen molar-refractivity contribution in [3.8, 4) is 0 Å². The van der Waals surface area contributed by atoms with Crippen LogP contribution in [0.15, 0.2) is 18.2 Å². The van der Waals surface area contributed by atoms with Gasteiger partial charge in [-0.3, -0.25) is 0 Å². The second kappa shape index (κ2) is 3.01. The molecule has 1 aliphatic rings. The lowest BCUT2D eigenvalue weighted by Gasteiger charge is -2.31. The van der Waals surface area contributed by atoms with Crippen LogP contribution in [-0.2, 0) is 5.60 Å². The Bertz CT molecular complexity index is 374. The van der Waals surface area contributed by atoms with Crippen molar-refractivity contribution in [2.45, 2.75) is 32.3 Å². The highest BCUT2D eigenvalue weighted by molar-refractivity contribution is 5.29. The largest absolute Gasteiger partial charge is 0.385 e. The van der Waals surface area contributed by atoms with Crippen molar-refractivity contribution >= 4 is 0 Å². The Hall–Kier alpha value is -0.960. The average Bonchev–Trinajstić information content (AvgIpc) is 2.84. The maximum atomic E-state index is 13.5. The molecule has 1 aromatic rings. The van der Waals surface area contributed by atoms with E-state index < -0.39 is 22.7 Å². The summed E-state index contributed by atoms with van der Waals surface area (Å²) in [5.41, 5.74) is -2.02. The Kier molecular flexibility index (Phi) is 2.12. The molecule has 2 rings (SSSR count). The van der Waals surface area contributed by atoms with Gasteiger partial charge in [0, 0.05) is 5.41 Å². The number of benzene rings is 1. The Morgan fingerprint density at radius 1 is 1.27 bits per heavy atom. The summed E-state index contributed by atoms with van der Waals surface area (Å²) in [5, 5.41) is 10.3. The smallest absolute Gasteiger partial charge is 0.132 e. The summed E-state index contributed by atoms with van der Waals surface area (Å²) in [7, 11) is 0. The van der Waals surface area contributed by atoms with Crippen molar-refractivity contribution in [3.05, 3.63) is 35.4 Å². The van der Waals surface area contributed by atoms with E-state index in [2.05, 4.69) is 0 Å². The van der Waals surface area contributed by atoms with Gasteiger partial charge in [-0.2, -0.15) is 0 Å². The van der Waals surface area contributed by atoms with E-state index in [-0.39, 0.29) is 5.56 Å². The molecule has 0 aromatic heterocycles. The molecule has 0 bridgehead atoms. The van der Waals surface area contributed by atoms with Crippen LogP contribution < -0.4 is 0 Å². The van der Waals surface area contributed by atoms with E-state index in [0.29, 0.717) is 0 Å². The molecule has 1 aromatic carbocycles. The highest BCUT2D eigenvalue weighted by Gasteiger charge is 2.54. The first-order valence-electron chi connectivity index (χ1n) is 5.05. The van der Waals surface area contributed by atoms with Gasteiger partial charge in [0.1, 0.15) is 11.6 Å². The van der Waals surface area contributed by atoms with E-state index in [0.717, 1.165) is 12.8 Å². The maximum absolute atomic E-state index is 13.5. The Morgan fingerprint density at radius 2 is 1.73 bits per heavy atom. The molecule has 1 atom stereocenters. The zero-order valence-corrected chi connectivity index (χ0v) is 8.85. The minimum absolute atomic E-state index is 0.204. The van der Waals surface area contributed by atoms with Crippen LogP contribution >= 0.6 is 0 Å². The molecule has 1 nitrogen and oxygen atoms in total. The third kappa shape index (κ3) is 1.46. The van der Waals surface area contributed by atoms with Crippen molar-refractivity contribution in [2.24, 2.45) is 5.41 Å². The normalized spacial score (nSPS) is 22.2. The summed E-state index contributed by atoms with van der Waals surface area (Å²) in [6, 6.07) is 3.66. The van der Waals surface area contributed by atoms with Crippen LogP contribution in [0.3, 0.4) is 0 Å². The van der Waals surface area contributed by atoms with E-state index in [9.17, 15) is 13.9 Å². The summed E-state index contributed by atoms with van der Waals surface area (Å²) < 4.78 is 27.0. The topological polar surface area (TPSA) is 20.2 Å². The fraction of sp³-hybridized carbons (Fsp3) is 0.500. The molecule has 1 aliphatic carbocycles. The van der Waals surface area contributed by atoms with Crippen molar-refractivity contribution in [1.29, 1.82) is 0 Å². The SMILES string of the molecule is CC1(C(C)(O)c2c(F)cccc2F)CC1. The molecule has 0 aliphatic heterocycles. The van der Waals surface area contributed by atoms with Crippen molar-refractivity contribution in [1.82, 2.24) is 0 Å². The van der Waals surface area contributed by atoms with Crippen LogP contribution in [-0.4, -0.2) is 5.11 Å². The van der Waals surface area contributed by atoms with Crippen molar-refractivity contribution < 1.29 is 13.9 Å². The fourth-order valence-electron chi connectivity index (χ4n) is 1.94. The molecule has 1 N–H and O–H groups in total. The molecule has 0 spiro atoms. The van der Waals surface area contributed by atoms with Gasteiger partial charge in [-0.1, -0.05) is 13.0 Å². The van der Waals surface area contributed by atoms with E-state index in [1.807, 2.05) is 6.92 Å². The molecule has 1 saturated carbocycles. The first kappa shape index (κ1) is 10.6. The van der Waals surface area contributed by atoms with E-state index in [1.165, 1.54) is 25.1 Å². The molecule has 82 valence electrons. The zero-order valence-electron chi connectivity index (χ0n) is 8.85. The van der Waals surface area contributed by atoms with Gasteiger partial charge >= 0.3 is 0 Å². The minimum Gasteiger partial charge on any atom is -0.385 e. The fourth-order valence-corrected chi connectivity index (χ4v) is 1.94. The van der Waals surface area contributed by atoms with Gasteiger partial charge in [-0.25, -0.2) is 8.78 Å². The third-order valence-corrected chi connectivity index (χ3v) is 3.62. The summed E-state index contributed by atoms with van der Waals surface area (Å²) in [5.74, 6) is -1.35. The molecule has 3 heteroatoms. The predicted molar refractivity (Wildman–Crippen MR) is 53.3 cm³/mol. The molecular weight excluding hydrogens is 198 g/mol. The van der Waals surface area contributed by atoms with E-state index in [1.54, 1.807) is 0 Å². The van der Waals surface area contributed by atoms with Crippen LogP contribution in [0.5, 0.6) is 0 Å². The molecule has 0 amide bonds. The second-order valence-electron chi connectivity index (χ2n) is 4.73. The molecule has 0 radical (unpaired) electrons. The Balaban J connectivity index is 2.53. The molecular formula is C12H14F2O. The number of hydrogen-bond donors (Lipinski definition) is 1. The molecule has 1 fully saturated rings. The highest BCUT2D eigenvalue weighted by Crippen LogP contribution is 2.58. The number of halogens is 2. The van der Waals surface area contributed by atoms with Gasteiger partial charge in [-0.15, -0.1) is 0 Å². The van der Waals surface area contributed by atoms with E-state index in [4.69, 9.17) is 0 Å². The van der Waals surface area contributed by atoms with Crippen LogP contribution in [0.25, 0.3) is 0 Å². The molecule has 1 unspecified atom stereocenters. The quantitative estimate of drug-likeness (QED) is 0.799. The lowest BCUT2D eigenvalue weighted by atomic mass is 9.81. The summed E-state index contributed by atoms with van der Waals surface area (Å²) in [6.45, 7) is 3.33. The average molecular weight is 212 g/mol. The number of hydrogen-bond acceptors (Lipinski definition) is 1. The van der Waals surface area contributed by atoms with Crippen molar-refractivity contribution in [2.75, 3.05) is 0 Å². The first-order valence-corrected chi connectivity index (χ1v) is 5.05. The number of aliphatic hydroxyl groups is 1. The monoisotopic (exact) mass is 212 g/mol. The molecule has 15 heavy (non-hydrogen) atoms. The van der Waals surface area contributed by atoms with Crippen LogP contribution in [0.4, 0.5) is 8.78 Å². The second-order valence-corrected chi connectivity index (χ2v) is 4.73. The predicted octanol–water partition coefficient (Wildman–Crippen LogP) is 2.97. The van der Waals surface area contributed by atoms with Gasteiger partial charge < -0.3 is 5.11 Å². The minimum atomic E-state index is -1.43. The zero-order chi connectivity index (χ0) is 11.3. The first-order chi connectivity index (χ1) is 6.88. The van der Waals surface area contributed by atoms with Crippen molar-refractivity contribution in [3.63, 3.8) is 0 Å². The Labute approximate surface area is 87.7 Å². The highest BCUT2D eigenvalue weighted by atomic mass is 19.1. The lowest BCUT2D eigenvalue weighted by Crippen LogP contribution is -2.33. The summed E-state index contributed by atoms with van der Waals surface area (Å²) in [6.07, 6.45) is 1.60. The standard InChI is InChI=1S/C12H14F2O/c1-11(6-7-11)12(2,15)10-8(13)4-3-5-9(10)14/h3-5,15H,6-7H2,1-2H3. The Morgan fingerprint density at radius 3 is 2.13 bits per heavy atom.